The lowest BCUT2D eigenvalue weighted by Crippen LogP contribution is -2.52. The van der Waals surface area contributed by atoms with Crippen molar-refractivity contribution in [2.45, 2.75) is 53.1 Å². The maximum Gasteiger partial charge on any atom is 0.313 e. The zero-order valence-corrected chi connectivity index (χ0v) is 14.9. The normalized spacial score (nSPS) is 31.0. The lowest BCUT2D eigenvalue weighted by Gasteiger charge is -2.34. The maximum atomic E-state index is 12.8. The van der Waals surface area contributed by atoms with Gasteiger partial charge in [0.2, 0.25) is 0 Å². The Bertz CT molecular complexity index is 735. The second kappa shape index (κ2) is 5.16. The van der Waals surface area contributed by atoms with Crippen molar-refractivity contribution in [1.82, 2.24) is 5.43 Å². The Morgan fingerprint density at radius 1 is 1.17 bits per heavy atom. The molecule has 2 bridgehead atoms. The van der Waals surface area contributed by atoms with E-state index in [0.717, 1.165) is 5.56 Å². The van der Waals surface area contributed by atoms with Gasteiger partial charge in [0, 0.05) is 5.41 Å². The van der Waals surface area contributed by atoms with Crippen molar-refractivity contribution in [1.29, 1.82) is 0 Å². The molecular weight excluding hydrogens is 304 g/mol. The van der Waals surface area contributed by atoms with Crippen LogP contribution in [0.15, 0.2) is 29.4 Å². The first-order valence-corrected chi connectivity index (χ1v) is 8.29. The van der Waals surface area contributed by atoms with Crippen molar-refractivity contribution >= 4 is 17.6 Å². The summed E-state index contributed by atoms with van der Waals surface area (Å²) in [5.74, 6) is -0.623. The molecule has 1 saturated carbocycles. The molecule has 2 fully saturated rings. The Hall–Kier alpha value is -2.17. The second-order valence-corrected chi connectivity index (χ2v) is 7.68. The van der Waals surface area contributed by atoms with Crippen LogP contribution in [-0.4, -0.2) is 23.2 Å². The van der Waals surface area contributed by atoms with E-state index < -0.39 is 16.4 Å². The highest BCUT2D eigenvalue weighted by Crippen LogP contribution is 2.65. The van der Waals surface area contributed by atoms with Gasteiger partial charge in [0.15, 0.2) is 5.60 Å². The zero-order chi connectivity index (χ0) is 17.8. The van der Waals surface area contributed by atoms with E-state index in [4.69, 9.17) is 4.74 Å². The van der Waals surface area contributed by atoms with Gasteiger partial charge in [-0.05, 0) is 39.2 Å². The highest BCUT2D eigenvalue weighted by Gasteiger charge is 2.75. The van der Waals surface area contributed by atoms with Crippen LogP contribution in [0.5, 0.6) is 0 Å². The molecule has 1 N–H and O–H groups in total. The van der Waals surface area contributed by atoms with Crippen molar-refractivity contribution in [3.63, 3.8) is 0 Å². The molecule has 3 rings (SSSR count). The topological polar surface area (TPSA) is 67.8 Å². The van der Waals surface area contributed by atoms with Gasteiger partial charge < -0.3 is 4.74 Å². The van der Waals surface area contributed by atoms with Gasteiger partial charge in [-0.1, -0.05) is 43.7 Å². The minimum atomic E-state index is -1.13. The smallest absolute Gasteiger partial charge is 0.313 e. The molecule has 1 amide bonds. The largest absolute Gasteiger partial charge is 0.448 e. The van der Waals surface area contributed by atoms with Gasteiger partial charge in [-0.3, -0.25) is 9.59 Å². The Morgan fingerprint density at radius 3 is 2.29 bits per heavy atom. The molecule has 128 valence electrons. The van der Waals surface area contributed by atoms with Crippen molar-refractivity contribution in [2.24, 2.45) is 15.9 Å². The molecule has 5 nitrogen and oxygen atoms in total. The predicted molar refractivity (Wildman–Crippen MR) is 91.5 cm³/mol. The number of hydrazone groups is 1. The molecule has 24 heavy (non-hydrogen) atoms. The van der Waals surface area contributed by atoms with E-state index in [-0.39, 0.29) is 11.9 Å². The molecule has 1 heterocycles. The molecule has 0 aromatic heterocycles. The summed E-state index contributed by atoms with van der Waals surface area (Å²) >= 11 is 0. The lowest BCUT2D eigenvalue weighted by atomic mass is 9.66. The standard InChI is InChI=1S/C19H24N2O3/c1-12-6-8-14(9-7-12)13(2)20-21-15(22)19-11-10-18(5,16(23)24-19)17(19,3)4/h6-9H,10-11H2,1-5H3,(H,21,22). The average molecular weight is 328 g/mol. The first kappa shape index (κ1) is 16.7. The number of benzene rings is 1. The summed E-state index contributed by atoms with van der Waals surface area (Å²) in [6.45, 7) is 9.61. The molecule has 5 heteroatoms. The number of aryl methyl sites for hydroxylation is 1. The van der Waals surface area contributed by atoms with E-state index in [1.165, 1.54) is 5.56 Å². The summed E-state index contributed by atoms with van der Waals surface area (Å²) in [5, 5.41) is 4.22. The molecule has 2 atom stereocenters. The van der Waals surface area contributed by atoms with Gasteiger partial charge in [0.25, 0.3) is 5.91 Å². The van der Waals surface area contributed by atoms with Gasteiger partial charge in [0.05, 0.1) is 11.1 Å². The Labute approximate surface area is 142 Å². The summed E-state index contributed by atoms with van der Waals surface area (Å²) in [6.07, 6.45) is 1.19. The van der Waals surface area contributed by atoms with Crippen LogP contribution in [-0.2, 0) is 14.3 Å². The number of amides is 1. The van der Waals surface area contributed by atoms with Gasteiger partial charge >= 0.3 is 5.97 Å². The zero-order valence-electron chi connectivity index (χ0n) is 14.9. The Kier molecular flexibility index (Phi) is 3.59. The molecule has 2 unspecified atom stereocenters. The molecule has 1 aromatic carbocycles. The van der Waals surface area contributed by atoms with Crippen LogP contribution in [0.3, 0.4) is 0 Å². The Morgan fingerprint density at radius 2 is 1.79 bits per heavy atom. The van der Waals surface area contributed by atoms with Crippen molar-refractivity contribution in [3.8, 4) is 0 Å². The number of nitrogens with zero attached hydrogens (tertiary/aromatic N) is 1. The van der Waals surface area contributed by atoms with Crippen LogP contribution < -0.4 is 5.43 Å². The third-order valence-corrected chi connectivity index (χ3v) is 6.24. The van der Waals surface area contributed by atoms with Crippen LogP contribution in [0.4, 0.5) is 0 Å². The number of ether oxygens (including phenoxy) is 1. The van der Waals surface area contributed by atoms with E-state index in [2.05, 4.69) is 10.5 Å². The highest BCUT2D eigenvalue weighted by molar-refractivity contribution is 6.00. The minimum absolute atomic E-state index is 0.284. The number of hydrogen-bond acceptors (Lipinski definition) is 4. The first-order chi connectivity index (χ1) is 11.1. The van der Waals surface area contributed by atoms with E-state index >= 15 is 0 Å². The SMILES string of the molecule is CC(=NNC(=O)C12CCC(C)(C(=O)O1)C2(C)C)c1ccc(C)cc1. The van der Waals surface area contributed by atoms with Crippen LogP contribution in [0, 0.1) is 17.8 Å². The molecule has 0 spiro atoms. The fraction of sp³-hybridized carbons (Fsp3) is 0.526. The lowest BCUT2D eigenvalue weighted by molar-refractivity contribution is -0.168. The van der Waals surface area contributed by atoms with Crippen LogP contribution in [0.1, 0.15) is 51.7 Å². The van der Waals surface area contributed by atoms with E-state index in [1.807, 2.05) is 58.9 Å². The number of hydrogen-bond donors (Lipinski definition) is 1. The third-order valence-electron chi connectivity index (χ3n) is 6.24. The second-order valence-electron chi connectivity index (χ2n) is 7.68. The van der Waals surface area contributed by atoms with Crippen molar-refractivity contribution in [3.05, 3.63) is 35.4 Å². The molecular formula is C19H24N2O3. The monoisotopic (exact) mass is 328 g/mol. The number of rotatable bonds is 3. The molecule has 2 aliphatic rings. The fourth-order valence-corrected chi connectivity index (χ4v) is 3.83. The quantitative estimate of drug-likeness (QED) is 0.527. The van der Waals surface area contributed by atoms with E-state index in [1.54, 1.807) is 0 Å². The minimum Gasteiger partial charge on any atom is -0.448 e. The molecule has 1 aliphatic heterocycles. The van der Waals surface area contributed by atoms with Crippen molar-refractivity contribution in [2.75, 3.05) is 0 Å². The summed E-state index contributed by atoms with van der Waals surface area (Å²) in [5.41, 5.74) is 3.14. The number of fused-ring (bicyclic) bond motifs is 2. The van der Waals surface area contributed by atoms with Crippen LogP contribution >= 0.6 is 0 Å². The van der Waals surface area contributed by atoms with E-state index in [9.17, 15) is 9.59 Å². The fourth-order valence-electron chi connectivity index (χ4n) is 3.83. The number of carbonyl (C=O) groups is 2. The maximum absolute atomic E-state index is 12.8. The average Bonchev–Trinajstić information content (AvgIpc) is 2.83. The van der Waals surface area contributed by atoms with Gasteiger partial charge in [-0.2, -0.15) is 5.10 Å². The van der Waals surface area contributed by atoms with Gasteiger partial charge in [0.1, 0.15) is 0 Å². The highest BCUT2D eigenvalue weighted by atomic mass is 16.6. The van der Waals surface area contributed by atoms with Crippen LogP contribution in [0.25, 0.3) is 0 Å². The number of nitrogens with one attached hydrogen (secondary N) is 1. The molecule has 1 saturated heterocycles. The molecule has 0 radical (unpaired) electrons. The third kappa shape index (κ3) is 2.03. The molecule has 1 aromatic rings. The summed E-state index contributed by atoms with van der Waals surface area (Å²) in [7, 11) is 0. The summed E-state index contributed by atoms with van der Waals surface area (Å²) < 4.78 is 5.56. The number of esters is 1. The molecule has 1 aliphatic carbocycles. The van der Waals surface area contributed by atoms with Crippen LogP contribution in [0.2, 0.25) is 0 Å². The van der Waals surface area contributed by atoms with Gasteiger partial charge in [-0.25, -0.2) is 5.43 Å². The number of carbonyl (C=O) groups excluding carboxylic acids is 2. The van der Waals surface area contributed by atoms with Crippen molar-refractivity contribution < 1.29 is 14.3 Å². The summed E-state index contributed by atoms with van der Waals surface area (Å²) in [6, 6.07) is 7.92. The Balaban J connectivity index is 1.82. The predicted octanol–water partition coefficient (Wildman–Crippen LogP) is 2.96. The van der Waals surface area contributed by atoms with E-state index in [0.29, 0.717) is 18.6 Å². The van der Waals surface area contributed by atoms with Gasteiger partial charge in [-0.15, -0.1) is 0 Å². The first-order valence-electron chi connectivity index (χ1n) is 8.29. The summed E-state index contributed by atoms with van der Waals surface area (Å²) in [4.78, 5) is 25.1.